The summed E-state index contributed by atoms with van der Waals surface area (Å²) in [4.78, 5) is 4.85. The normalized spacial score (nSPS) is 11.1. The van der Waals surface area contributed by atoms with Crippen LogP contribution in [0.15, 0.2) is 54.6 Å². The molecule has 31 heavy (non-hydrogen) atoms. The SMILES string of the molecule is CCCC=CC=C(c1ccc(N(CC)CC)c(C)c1)c1ccc(N(CC)CC)c(C)c1. The van der Waals surface area contributed by atoms with Crippen molar-refractivity contribution in [1.82, 2.24) is 0 Å². The number of nitrogens with zero attached hydrogens (tertiary/aromatic N) is 2. The summed E-state index contributed by atoms with van der Waals surface area (Å²) in [6, 6.07) is 13.8. The molecule has 168 valence electrons. The number of anilines is 2. The Morgan fingerprint density at radius 2 is 1.16 bits per heavy atom. The van der Waals surface area contributed by atoms with Gasteiger partial charge < -0.3 is 9.80 Å². The van der Waals surface area contributed by atoms with Gasteiger partial charge >= 0.3 is 0 Å². The van der Waals surface area contributed by atoms with Gasteiger partial charge in [0.15, 0.2) is 0 Å². The largest absolute Gasteiger partial charge is 0.372 e. The zero-order valence-electron chi connectivity index (χ0n) is 20.8. The van der Waals surface area contributed by atoms with E-state index < -0.39 is 0 Å². The van der Waals surface area contributed by atoms with E-state index in [1.54, 1.807) is 0 Å². The number of aryl methyl sites for hydroxylation is 2. The fraction of sp³-hybridized carbons (Fsp3) is 0.448. The van der Waals surface area contributed by atoms with Gasteiger partial charge in [-0.25, -0.2) is 0 Å². The van der Waals surface area contributed by atoms with Crippen molar-refractivity contribution >= 4 is 16.9 Å². The lowest BCUT2D eigenvalue weighted by molar-refractivity contribution is 0.861. The Balaban J connectivity index is 2.52. The molecule has 0 unspecified atom stereocenters. The van der Waals surface area contributed by atoms with Gasteiger partial charge in [0.2, 0.25) is 0 Å². The lowest BCUT2D eigenvalue weighted by atomic mass is 9.93. The molecule has 0 spiro atoms. The second kappa shape index (κ2) is 12.4. The van der Waals surface area contributed by atoms with Crippen molar-refractivity contribution in [2.24, 2.45) is 0 Å². The lowest BCUT2D eigenvalue weighted by Gasteiger charge is -2.25. The summed E-state index contributed by atoms with van der Waals surface area (Å²) in [5.74, 6) is 0. The predicted molar refractivity (Wildman–Crippen MR) is 141 cm³/mol. The molecule has 0 aliphatic heterocycles. The summed E-state index contributed by atoms with van der Waals surface area (Å²) < 4.78 is 0. The molecule has 0 N–H and O–H groups in total. The average molecular weight is 419 g/mol. The summed E-state index contributed by atoms with van der Waals surface area (Å²) in [5.41, 5.74) is 9.19. The molecule has 2 rings (SSSR count). The smallest absolute Gasteiger partial charge is 0.0396 e. The van der Waals surface area contributed by atoms with E-state index >= 15 is 0 Å². The summed E-state index contributed by atoms with van der Waals surface area (Å²) in [6.45, 7) is 19.7. The molecule has 0 aliphatic carbocycles. The van der Waals surface area contributed by atoms with E-state index in [2.05, 4.69) is 113 Å². The third kappa shape index (κ3) is 6.26. The van der Waals surface area contributed by atoms with E-state index in [1.165, 1.54) is 45.6 Å². The summed E-state index contributed by atoms with van der Waals surface area (Å²) >= 11 is 0. The first kappa shape index (κ1) is 24.8. The van der Waals surface area contributed by atoms with Gasteiger partial charge in [-0.3, -0.25) is 0 Å². The van der Waals surface area contributed by atoms with E-state index in [1.807, 2.05) is 0 Å². The van der Waals surface area contributed by atoms with Gasteiger partial charge in [-0.1, -0.05) is 43.7 Å². The zero-order chi connectivity index (χ0) is 22.8. The van der Waals surface area contributed by atoms with Crippen molar-refractivity contribution < 1.29 is 0 Å². The number of hydrogen-bond donors (Lipinski definition) is 0. The number of benzene rings is 2. The molecular weight excluding hydrogens is 376 g/mol. The number of allylic oxidation sites excluding steroid dienone is 3. The molecular formula is C29H42N2. The second-order valence-corrected chi connectivity index (χ2v) is 8.14. The van der Waals surface area contributed by atoms with Gasteiger partial charge in [0.05, 0.1) is 0 Å². The lowest BCUT2D eigenvalue weighted by Crippen LogP contribution is -2.22. The van der Waals surface area contributed by atoms with Gasteiger partial charge in [0, 0.05) is 37.6 Å². The van der Waals surface area contributed by atoms with Crippen LogP contribution in [0.1, 0.15) is 69.7 Å². The maximum atomic E-state index is 2.42. The van der Waals surface area contributed by atoms with Crippen LogP contribution >= 0.6 is 0 Å². The van der Waals surface area contributed by atoms with Crippen LogP contribution in [0.4, 0.5) is 11.4 Å². The maximum Gasteiger partial charge on any atom is 0.0396 e. The maximum absolute atomic E-state index is 2.42. The molecule has 0 radical (unpaired) electrons. The Labute approximate surface area is 191 Å². The number of rotatable bonds is 11. The van der Waals surface area contributed by atoms with E-state index in [0.29, 0.717) is 0 Å². The molecule has 0 saturated carbocycles. The Kier molecular flexibility index (Phi) is 9.91. The molecule has 2 aromatic carbocycles. The molecule has 0 aliphatic rings. The van der Waals surface area contributed by atoms with Crippen molar-refractivity contribution in [3.05, 3.63) is 76.9 Å². The average Bonchev–Trinajstić information content (AvgIpc) is 2.77. The summed E-state index contributed by atoms with van der Waals surface area (Å²) in [7, 11) is 0. The minimum atomic E-state index is 1.03. The molecule has 0 atom stereocenters. The molecule has 0 aromatic heterocycles. The molecule has 2 aromatic rings. The van der Waals surface area contributed by atoms with Gasteiger partial charge in [-0.05, 0) is 100 Å². The fourth-order valence-corrected chi connectivity index (χ4v) is 4.27. The van der Waals surface area contributed by atoms with Crippen molar-refractivity contribution in [1.29, 1.82) is 0 Å². The van der Waals surface area contributed by atoms with Crippen LogP contribution in [0, 0.1) is 13.8 Å². The zero-order valence-corrected chi connectivity index (χ0v) is 20.8. The van der Waals surface area contributed by atoms with Crippen molar-refractivity contribution in [3.63, 3.8) is 0 Å². The minimum Gasteiger partial charge on any atom is -0.372 e. The standard InChI is InChI=1S/C29H42N2/c1-8-13-14-15-16-27(25-17-19-28(23(6)21-25)30(9-2)10-3)26-18-20-29(24(7)22-26)31(11-4)12-5/h14-22H,8-13H2,1-7H3. The summed E-state index contributed by atoms with van der Waals surface area (Å²) in [6.07, 6.45) is 9.07. The van der Waals surface area contributed by atoms with Gasteiger partial charge in [-0.15, -0.1) is 0 Å². The van der Waals surface area contributed by atoms with Crippen LogP contribution in [0.3, 0.4) is 0 Å². The molecule has 2 nitrogen and oxygen atoms in total. The van der Waals surface area contributed by atoms with Gasteiger partial charge in [0.1, 0.15) is 0 Å². The van der Waals surface area contributed by atoms with Crippen molar-refractivity contribution in [2.45, 2.75) is 61.3 Å². The monoisotopic (exact) mass is 418 g/mol. The van der Waals surface area contributed by atoms with Gasteiger partial charge in [-0.2, -0.15) is 0 Å². The Morgan fingerprint density at radius 3 is 1.52 bits per heavy atom. The number of unbranched alkanes of at least 4 members (excludes halogenated alkanes) is 1. The van der Waals surface area contributed by atoms with Crippen molar-refractivity contribution in [2.75, 3.05) is 36.0 Å². The highest BCUT2D eigenvalue weighted by Crippen LogP contribution is 2.31. The van der Waals surface area contributed by atoms with Crippen molar-refractivity contribution in [3.8, 4) is 0 Å². The van der Waals surface area contributed by atoms with Crippen LogP contribution in [-0.2, 0) is 0 Å². The Morgan fingerprint density at radius 1 is 0.710 bits per heavy atom. The fourth-order valence-electron chi connectivity index (χ4n) is 4.27. The third-order valence-corrected chi connectivity index (χ3v) is 6.08. The third-order valence-electron chi connectivity index (χ3n) is 6.08. The minimum absolute atomic E-state index is 1.03. The highest BCUT2D eigenvalue weighted by molar-refractivity contribution is 5.83. The first-order chi connectivity index (χ1) is 15.0. The quantitative estimate of drug-likeness (QED) is 0.344. The molecule has 0 fully saturated rings. The molecule has 0 amide bonds. The van der Waals surface area contributed by atoms with E-state index in [9.17, 15) is 0 Å². The van der Waals surface area contributed by atoms with Gasteiger partial charge in [0.25, 0.3) is 0 Å². The topological polar surface area (TPSA) is 6.48 Å². The number of hydrogen-bond acceptors (Lipinski definition) is 2. The molecule has 0 saturated heterocycles. The molecule has 2 heteroatoms. The first-order valence-corrected chi connectivity index (χ1v) is 12.1. The van der Waals surface area contributed by atoms with E-state index in [-0.39, 0.29) is 0 Å². The van der Waals surface area contributed by atoms with Crippen LogP contribution in [-0.4, -0.2) is 26.2 Å². The summed E-state index contributed by atoms with van der Waals surface area (Å²) in [5, 5.41) is 0. The molecule has 0 bridgehead atoms. The van der Waals surface area contributed by atoms with Crippen LogP contribution in [0.25, 0.3) is 5.57 Å². The highest BCUT2D eigenvalue weighted by Gasteiger charge is 2.12. The highest BCUT2D eigenvalue weighted by atomic mass is 15.1. The van der Waals surface area contributed by atoms with E-state index in [0.717, 1.165) is 32.6 Å². The van der Waals surface area contributed by atoms with Crippen LogP contribution in [0.2, 0.25) is 0 Å². The Bertz CT molecular complexity index is 820. The first-order valence-electron chi connectivity index (χ1n) is 12.1. The molecule has 0 heterocycles. The van der Waals surface area contributed by atoms with Crippen LogP contribution in [0.5, 0.6) is 0 Å². The van der Waals surface area contributed by atoms with Crippen LogP contribution < -0.4 is 9.80 Å². The van der Waals surface area contributed by atoms with E-state index in [4.69, 9.17) is 0 Å². The second-order valence-electron chi connectivity index (χ2n) is 8.14. The Hall–Kier alpha value is -2.48. The predicted octanol–water partition coefficient (Wildman–Crippen LogP) is 7.78.